The molecule has 6 heterocycles. The molecule has 0 saturated carbocycles. The number of benzene rings is 19. The Labute approximate surface area is 779 Å². The van der Waals surface area contributed by atoms with Gasteiger partial charge in [-0.1, -0.05) is 317 Å². The van der Waals surface area contributed by atoms with Crippen molar-refractivity contribution in [1.82, 2.24) is 18.3 Å². The van der Waals surface area contributed by atoms with E-state index in [1.54, 1.807) is 9.13 Å². The Kier molecular flexibility index (Phi) is 12.8. The van der Waals surface area contributed by atoms with Crippen LogP contribution in [0.5, 0.6) is 0 Å². The topological polar surface area (TPSA) is 26.2 Å². The van der Waals surface area contributed by atoms with Gasteiger partial charge in [-0.25, -0.2) is 0 Å². The highest BCUT2D eigenvalue weighted by Gasteiger charge is 2.47. The molecule has 129 heavy (non-hydrogen) atoms. The van der Waals surface area contributed by atoms with Crippen molar-refractivity contribution in [2.24, 2.45) is 0 Å². The Morgan fingerprint density at radius 2 is 0.535 bits per heavy atom. The average molecular weight is 1670 g/mol. The third kappa shape index (κ3) is 11.9. The summed E-state index contributed by atoms with van der Waals surface area (Å²) in [4.78, 5) is 3.91. The molecule has 19 aromatic carbocycles. The zero-order chi connectivity index (χ0) is 104. The third-order valence-corrected chi connectivity index (χ3v) is 26.4. The molecule has 0 spiro atoms. The summed E-state index contributed by atoms with van der Waals surface area (Å²) in [5.41, 5.74) is 6.48. The maximum absolute atomic E-state index is 12.2. The first-order valence-corrected chi connectivity index (χ1v) is 43.9. The lowest BCUT2D eigenvalue weighted by Crippen LogP contribution is -2.61. The van der Waals surface area contributed by atoms with E-state index < -0.39 is 155 Å². The predicted octanol–water partition coefficient (Wildman–Crippen LogP) is 31.0. The Balaban J connectivity index is 0.887. The number of para-hydroxylation sites is 4. The molecule has 0 N–H and O–H groups in total. The molecular weight excluding hydrogens is 1560 g/mol. The molecule has 0 unspecified atom stereocenters. The van der Waals surface area contributed by atoms with Crippen molar-refractivity contribution in [3.8, 4) is 67.3 Å². The fourth-order valence-electron chi connectivity index (χ4n) is 20.1. The Morgan fingerprint density at radius 1 is 0.233 bits per heavy atom. The molecule has 0 radical (unpaired) electrons. The molecule has 0 bridgehead atoms. The molecule has 0 saturated heterocycles. The maximum atomic E-state index is 12.2. The molecule has 0 fully saturated rings. The van der Waals surface area contributed by atoms with Gasteiger partial charge in [0.05, 0.1) is 82.9 Å². The number of anilines is 6. The number of aromatic nitrogens is 4. The van der Waals surface area contributed by atoms with Gasteiger partial charge >= 0.3 is 0 Å². The van der Waals surface area contributed by atoms with Gasteiger partial charge in [-0.15, -0.1) is 0 Å². The number of rotatable bonds is 10. The molecular formula is C122H93BN6. The standard InChI is InChI=1S/C122H93BN6/c1-120(2,3)84-66-95(76-34-14-10-15-35-76)118(96(67-84)77-36-16-11-17-37-77)128-113-74-89(124-105-50-30-28-48-93(105)101-72-87(56-60-109(101)124)126-107-52-32-26-46-91(107)99-62-80-42-22-24-44-82(80)64-111(99)126)54-58-103(113)123-104-59-55-90(125-106-51-31-29-49-94(106)102-73-88(57-61-110(102)125)127-108-53-33-27-47-92(108)100-63-81-43-23-25-45-83(81)65-112(100)127)75-114(104)129(116-71-86(122(7,8)9)70-115(128)117(116)123)119-97(78-38-18-12-19-39-78)68-85(121(4,5)6)69-98(119)79-40-20-13-21-41-79/h10-75H,1-9H3/i28D,29D,30D,31D,48D,49D,50D,51D,54D,55D,56D,57D,58D,59D,60D,61D,72D,73D,74D,75D. The zero-order valence-corrected chi connectivity index (χ0v) is 72.3. The number of hydrogen-bond acceptors (Lipinski definition) is 2. The molecule has 0 amide bonds. The van der Waals surface area contributed by atoms with Gasteiger partial charge in [0.2, 0.25) is 0 Å². The molecule has 0 atom stereocenters. The fraction of sp³-hybridized carbons (Fsp3) is 0.0984. The van der Waals surface area contributed by atoms with Crippen molar-refractivity contribution in [2.75, 3.05) is 9.80 Å². The molecule has 6 nitrogen and oxygen atoms in total. The minimum absolute atomic E-state index is 0.101. The van der Waals surface area contributed by atoms with E-state index in [-0.39, 0.29) is 77.3 Å². The normalized spacial score (nSPS) is 15.1. The van der Waals surface area contributed by atoms with Crippen LogP contribution >= 0.6 is 0 Å². The second kappa shape index (κ2) is 28.5. The van der Waals surface area contributed by atoms with Crippen LogP contribution in [0.1, 0.15) is 106 Å². The molecule has 0 aliphatic carbocycles. The van der Waals surface area contributed by atoms with E-state index in [0.717, 1.165) is 54.2 Å². The van der Waals surface area contributed by atoms with Gasteiger partial charge in [-0.3, -0.25) is 0 Å². The molecule has 25 rings (SSSR count). The quantitative estimate of drug-likeness (QED) is 0.128. The lowest BCUT2D eigenvalue weighted by atomic mass is 9.33. The SMILES string of the molecule is [2H]c1c([2H])c(-n2c3c([2H])c([2H])c([2H])c([2H])c3c3c([2H])c(-n4c5ccccc5c5cc6ccccc6cc54)c([2H])c([2H])c32)c([2H])c2c1B1c3c(cc(C(C)(C)C)cc3N(c3c(-c4ccccc4)cc(C(C)(C)C)cc3-c3ccccc3)c3c([2H])c(-n4c5c([2H])c([2H])c([2H])c([2H])c5c5c([2H])c(-n6c7ccccc7c7cc8ccccc8cc76)c([2H])c([2H])c54)c([2H])c([2H])c31)N2c1c(-c2ccccc2)cc(C(C)(C)C)cc1-c1ccccc1. The van der Waals surface area contributed by atoms with Gasteiger partial charge in [-0.2, -0.15) is 0 Å². The number of hydrogen-bond donors (Lipinski definition) is 0. The van der Waals surface area contributed by atoms with Gasteiger partial charge in [0.25, 0.3) is 6.71 Å². The van der Waals surface area contributed by atoms with Crippen LogP contribution in [0.15, 0.2) is 400 Å². The van der Waals surface area contributed by atoms with Gasteiger partial charge in [0, 0.05) is 111 Å². The van der Waals surface area contributed by atoms with E-state index >= 15 is 0 Å². The van der Waals surface area contributed by atoms with Crippen LogP contribution in [0.2, 0.25) is 0 Å². The van der Waals surface area contributed by atoms with Crippen LogP contribution in [-0.2, 0) is 16.2 Å². The minimum atomic E-state index is -1.67. The van der Waals surface area contributed by atoms with Crippen LogP contribution in [0.3, 0.4) is 0 Å². The Hall–Kier alpha value is -15.4. The molecule has 7 heteroatoms. The zero-order valence-electron chi connectivity index (χ0n) is 92.3. The molecule has 614 valence electrons. The van der Waals surface area contributed by atoms with Crippen molar-refractivity contribution in [1.29, 1.82) is 0 Å². The first-order valence-electron chi connectivity index (χ1n) is 53.9. The van der Waals surface area contributed by atoms with Crippen molar-refractivity contribution < 1.29 is 27.4 Å². The fourth-order valence-corrected chi connectivity index (χ4v) is 20.1. The summed E-state index contributed by atoms with van der Waals surface area (Å²) in [5, 5.41) is 5.56. The third-order valence-electron chi connectivity index (χ3n) is 26.4. The lowest BCUT2D eigenvalue weighted by molar-refractivity contribution is 0.590. The predicted molar refractivity (Wildman–Crippen MR) is 551 cm³/mol. The Bertz CT molecular complexity index is 9250. The van der Waals surface area contributed by atoms with Crippen LogP contribution in [-0.4, -0.2) is 25.0 Å². The van der Waals surface area contributed by atoms with Crippen LogP contribution in [0.4, 0.5) is 34.1 Å². The molecule has 4 aromatic heterocycles. The molecule has 2 aliphatic rings. The summed E-state index contributed by atoms with van der Waals surface area (Å²) in [6.07, 6.45) is 0. The van der Waals surface area contributed by atoms with Gasteiger partial charge in [0.15, 0.2) is 0 Å². The van der Waals surface area contributed by atoms with Crippen molar-refractivity contribution >= 4 is 166 Å². The van der Waals surface area contributed by atoms with Crippen molar-refractivity contribution in [3.63, 3.8) is 0 Å². The molecule has 2 aliphatic heterocycles. The summed E-state index contributed by atoms with van der Waals surface area (Å²) < 4.78 is 223. The minimum Gasteiger partial charge on any atom is -0.310 e. The van der Waals surface area contributed by atoms with E-state index in [1.165, 1.54) is 9.13 Å². The highest BCUT2D eigenvalue weighted by molar-refractivity contribution is 7.00. The smallest absolute Gasteiger partial charge is 0.252 e. The highest BCUT2D eigenvalue weighted by Crippen LogP contribution is 2.57. The van der Waals surface area contributed by atoms with Gasteiger partial charge in [-0.05, 0) is 238 Å². The summed E-state index contributed by atoms with van der Waals surface area (Å²) in [6.45, 7) is 17.3. The summed E-state index contributed by atoms with van der Waals surface area (Å²) >= 11 is 0. The second-order valence-corrected chi connectivity index (χ2v) is 37.2. The first kappa shape index (κ1) is 58.0. The first-order chi connectivity index (χ1) is 71.3. The number of fused-ring (bicyclic) bond motifs is 18. The van der Waals surface area contributed by atoms with E-state index in [0.29, 0.717) is 100 Å². The second-order valence-electron chi connectivity index (χ2n) is 37.2. The van der Waals surface area contributed by atoms with E-state index in [4.69, 9.17) is 0 Å². The van der Waals surface area contributed by atoms with Gasteiger partial charge < -0.3 is 28.1 Å². The van der Waals surface area contributed by atoms with E-state index in [1.807, 2.05) is 265 Å². The van der Waals surface area contributed by atoms with Crippen molar-refractivity contribution in [3.05, 3.63) is 417 Å². The largest absolute Gasteiger partial charge is 0.310 e. The average Bonchev–Trinajstić information content (AvgIpc) is 1.55. The van der Waals surface area contributed by atoms with Crippen LogP contribution in [0, 0.1) is 0 Å². The highest BCUT2D eigenvalue weighted by atomic mass is 15.2. The number of nitrogens with zero attached hydrogens (tertiary/aromatic N) is 6. The van der Waals surface area contributed by atoms with Crippen LogP contribution in [0.25, 0.3) is 176 Å². The van der Waals surface area contributed by atoms with Crippen LogP contribution < -0.4 is 26.2 Å². The summed E-state index contributed by atoms with van der Waals surface area (Å²) in [7, 11) is 0. The maximum Gasteiger partial charge on any atom is 0.252 e. The van der Waals surface area contributed by atoms with E-state index in [2.05, 4.69) is 86.6 Å². The summed E-state index contributed by atoms with van der Waals surface area (Å²) in [5.74, 6) is 0. The Morgan fingerprint density at radius 3 is 0.907 bits per heavy atom. The van der Waals surface area contributed by atoms with Gasteiger partial charge in [0.1, 0.15) is 0 Å². The lowest BCUT2D eigenvalue weighted by Gasteiger charge is -2.47. The monoisotopic (exact) mass is 1670 g/mol. The molecule has 23 aromatic rings. The van der Waals surface area contributed by atoms with Crippen molar-refractivity contribution in [2.45, 2.75) is 78.6 Å². The van der Waals surface area contributed by atoms with E-state index in [9.17, 15) is 27.4 Å². The summed E-state index contributed by atoms with van der Waals surface area (Å²) in [6, 6.07) is 77.8.